The maximum Gasteiger partial charge on any atom is 0.253 e. The Morgan fingerprint density at radius 2 is 1.64 bits per heavy atom. The van der Waals surface area contributed by atoms with Crippen LogP contribution in [0.2, 0.25) is 0 Å². The van der Waals surface area contributed by atoms with E-state index in [4.69, 9.17) is 0 Å². The lowest BCUT2D eigenvalue weighted by atomic mass is 10.1. The highest BCUT2D eigenvalue weighted by molar-refractivity contribution is 7.89. The van der Waals surface area contributed by atoms with E-state index < -0.39 is 15.9 Å². The molecule has 7 nitrogen and oxygen atoms in total. The minimum atomic E-state index is -3.78. The van der Waals surface area contributed by atoms with Crippen molar-refractivity contribution in [2.75, 3.05) is 18.9 Å². The molecule has 2 N–H and O–H groups in total. The van der Waals surface area contributed by atoms with Gasteiger partial charge < -0.3 is 10.6 Å². The number of likely N-dealkylation sites (N-methyl/N-ethyl adjacent to an activating group) is 1. The van der Waals surface area contributed by atoms with Crippen molar-refractivity contribution in [3.63, 3.8) is 0 Å². The summed E-state index contributed by atoms with van der Waals surface area (Å²) in [7, 11) is -2.44. The number of hydrogen-bond donors (Lipinski definition) is 2. The molecule has 0 aliphatic carbocycles. The van der Waals surface area contributed by atoms with Crippen molar-refractivity contribution < 1.29 is 18.0 Å². The first-order valence-electron chi connectivity index (χ1n) is 8.96. The molecule has 2 aromatic rings. The molecule has 0 heterocycles. The van der Waals surface area contributed by atoms with Gasteiger partial charge in [0.1, 0.15) is 0 Å². The van der Waals surface area contributed by atoms with Crippen LogP contribution >= 0.6 is 0 Å². The van der Waals surface area contributed by atoms with Crippen LogP contribution in [0.4, 0.5) is 5.69 Å². The number of sulfonamides is 1. The fourth-order valence-corrected chi connectivity index (χ4v) is 3.59. The van der Waals surface area contributed by atoms with Crippen LogP contribution in [0.25, 0.3) is 0 Å². The van der Waals surface area contributed by atoms with Crippen LogP contribution in [0.5, 0.6) is 0 Å². The van der Waals surface area contributed by atoms with Gasteiger partial charge in [-0.15, -0.1) is 0 Å². The zero-order chi connectivity index (χ0) is 20.7. The van der Waals surface area contributed by atoms with Gasteiger partial charge in [0, 0.05) is 13.1 Å². The summed E-state index contributed by atoms with van der Waals surface area (Å²) >= 11 is 0. The summed E-state index contributed by atoms with van der Waals surface area (Å²) in [6.07, 6.45) is 0.780. The molecule has 0 bridgehead atoms. The smallest absolute Gasteiger partial charge is 0.253 e. The maximum absolute atomic E-state index is 12.5. The summed E-state index contributed by atoms with van der Waals surface area (Å²) in [6.45, 7) is 3.47. The highest BCUT2D eigenvalue weighted by Gasteiger charge is 2.23. The Bertz CT molecular complexity index is 929. The van der Waals surface area contributed by atoms with Gasteiger partial charge in [-0.25, -0.2) is 8.42 Å². The van der Waals surface area contributed by atoms with Crippen molar-refractivity contribution in [3.8, 4) is 0 Å². The third-order valence-corrected chi connectivity index (χ3v) is 6.07. The van der Waals surface area contributed by atoms with Crippen LogP contribution in [-0.4, -0.2) is 44.2 Å². The molecule has 0 aliphatic rings. The highest BCUT2D eigenvalue weighted by Crippen LogP contribution is 2.17. The van der Waals surface area contributed by atoms with Gasteiger partial charge in [-0.1, -0.05) is 37.3 Å². The maximum atomic E-state index is 12.5. The Balaban J connectivity index is 2.10. The van der Waals surface area contributed by atoms with Crippen LogP contribution in [0.15, 0.2) is 59.5 Å². The summed E-state index contributed by atoms with van der Waals surface area (Å²) < 4.78 is 26.0. The van der Waals surface area contributed by atoms with Crippen LogP contribution < -0.4 is 10.6 Å². The van der Waals surface area contributed by atoms with E-state index in [0.717, 1.165) is 10.7 Å². The topological polar surface area (TPSA) is 95.6 Å². The number of nitrogens with zero attached hydrogens (tertiary/aromatic N) is 1. The molecule has 28 heavy (non-hydrogen) atoms. The van der Waals surface area contributed by atoms with Gasteiger partial charge in [0.15, 0.2) is 0 Å². The standard InChI is InChI=1S/C20H25N3O4S/c1-4-15(2)21-20(25)17-12-8-9-13-18(17)22-19(24)14-23(3)28(26,27)16-10-6-5-7-11-16/h5-13,15H,4,14H2,1-3H3,(H,21,25)(H,22,24). The molecule has 1 atom stereocenters. The van der Waals surface area contributed by atoms with Gasteiger partial charge in [0.2, 0.25) is 15.9 Å². The second-order valence-corrected chi connectivity index (χ2v) is 8.50. The average molecular weight is 404 g/mol. The van der Waals surface area contributed by atoms with Gasteiger partial charge in [0.25, 0.3) is 5.91 Å². The number of benzene rings is 2. The lowest BCUT2D eigenvalue weighted by Crippen LogP contribution is -2.36. The molecular weight excluding hydrogens is 378 g/mol. The highest BCUT2D eigenvalue weighted by atomic mass is 32.2. The summed E-state index contributed by atoms with van der Waals surface area (Å²) in [4.78, 5) is 24.9. The van der Waals surface area contributed by atoms with Gasteiger partial charge in [-0.05, 0) is 37.6 Å². The van der Waals surface area contributed by atoms with E-state index in [1.165, 1.54) is 19.2 Å². The summed E-state index contributed by atoms with van der Waals surface area (Å²) in [6, 6.07) is 14.5. The first-order chi connectivity index (χ1) is 13.3. The van der Waals surface area contributed by atoms with Gasteiger partial charge >= 0.3 is 0 Å². The van der Waals surface area contributed by atoms with E-state index in [1.807, 2.05) is 13.8 Å². The van der Waals surface area contributed by atoms with Crippen molar-refractivity contribution in [1.29, 1.82) is 0 Å². The minimum Gasteiger partial charge on any atom is -0.350 e. The number of para-hydroxylation sites is 1. The van der Waals surface area contributed by atoms with Crippen LogP contribution in [-0.2, 0) is 14.8 Å². The lowest BCUT2D eigenvalue weighted by Gasteiger charge is -2.18. The fourth-order valence-electron chi connectivity index (χ4n) is 2.44. The van der Waals surface area contributed by atoms with E-state index >= 15 is 0 Å². The predicted octanol–water partition coefficient (Wildman–Crippen LogP) is 2.47. The molecule has 8 heteroatoms. The average Bonchev–Trinajstić information content (AvgIpc) is 2.68. The molecule has 0 saturated carbocycles. The van der Waals surface area contributed by atoms with Crippen LogP contribution in [0, 0.1) is 0 Å². The third kappa shape index (κ3) is 5.40. The van der Waals surface area contributed by atoms with Crippen molar-refractivity contribution in [2.24, 2.45) is 0 Å². The molecule has 0 radical (unpaired) electrons. The zero-order valence-corrected chi connectivity index (χ0v) is 17.0. The van der Waals surface area contributed by atoms with Crippen molar-refractivity contribution in [2.45, 2.75) is 31.2 Å². The van der Waals surface area contributed by atoms with E-state index in [2.05, 4.69) is 10.6 Å². The molecule has 0 aromatic heterocycles. The SMILES string of the molecule is CCC(C)NC(=O)c1ccccc1NC(=O)CN(C)S(=O)(=O)c1ccccc1. The van der Waals surface area contributed by atoms with E-state index in [-0.39, 0.29) is 23.4 Å². The minimum absolute atomic E-state index is 0.00148. The molecule has 2 amide bonds. The van der Waals surface area contributed by atoms with Crippen molar-refractivity contribution in [1.82, 2.24) is 9.62 Å². The first kappa shape index (κ1) is 21.6. The largest absolute Gasteiger partial charge is 0.350 e. The van der Waals surface area contributed by atoms with Gasteiger partial charge in [-0.3, -0.25) is 9.59 Å². The number of carbonyl (C=O) groups is 2. The molecular formula is C20H25N3O4S. The summed E-state index contributed by atoms with van der Waals surface area (Å²) in [5.41, 5.74) is 0.656. The number of rotatable bonds is 8. The molecule has 0 saturated heterocycles. The predicted molar refractivity (Wildman–Crippen MR) is 109 cm³/mol. The molecule has 2 aromatic carbocycles. The Morgan fingerprint density at radius 3 is 2.29 bits per heavy atom. The second kappa shape index (κ2) is 9.48. The van der Waals surface area contributed by atoms with Crippen molar-refractivity contribution >= 4 is 27.5 Å². The molecule has 150 valence electrons. The van der Waals surface area contributed by atoms with Crippen LogP contribution in [0.1, 0.15) is 30.6 Å². The first-order valence-corrected chi connectivity index (χ1v) is 10.4. The number of hydrogen-bond acceptors (Lipinski definition) is 4. The number of anilines is 1. The summed E-state index contributed by atoms with van der Waals surface area (Å²) in [5.74, 6) is -0.832. The zero-order valence-electron chi connectivity index (χ0n) is 16.2. The number of carbonyl (C=O) groups excluding carboxylic acids is 2. The fraction of sp³-hybridized carbons (Fsp3) is 0.300. The number of nitrogens with one attached hydrogen (secondary N) is 2. The molecule has 0 spiro atoms. The molecule has 2 rings (SSSR count). The molecule has 0 aliphatic heterocycles. The molecule has 1 unspecified atom stereocenters. The molecule has 0 fully saturated rings. The Hall–Kier alpha value is -2.71. The monoisotopic (exact) mass is 403 g/mol. The van der Waals surface area contributed by atoms with Crippen molar-refractivity contribution in [3.05, 3.63) is 60.2 Å². The van der Waals surface area contributed by atoms with E-state index in [1.54, 1.807) is 42.5 Å². The quantitative estimate of drug-likeness (QED) is 0.708. The van der Waals surface area contributed by atoms with Crippen LogP contribution in [0.3, 0.4) is 0 Å². The normalized spacial score (nSPS) is 12.4. The van der Waals surface area contributed by atoms with Gasteiger partial charge in [0.05, 0.1) is 22.7 Å². The Kier molecular flexibility index (Phi) is 7.31. The van der Waals surface area contributed by atoms with E-state index in [9.17, 15) is 18.0 Å². The Labute approximate surface area is 165 Å². The van der Waals surface area contributed by atoms with E-state index in [0.29, 0.717) is 11.3 Å². The van der Waals surface area contributed by atoms with Gasteiger partial charge in [-0.2, -0.15) is 4.31 Å². The summed E-state index contributed by atoms with van der Waals surface area (Å²) in [5, 5.41) is 5.48. The lowest BCUT2D eigenvalue weighted by molar-refractivity contribution is -0.116. The third-order valence-electron chi connectivity index (χ3n) is 4.25. The Morgan fingerprint density at radius 1 is 1.04 bits per heavy atom. The number of amides is 2. The second-order valence-electron chi connectivity index (χ2n) is 6.45.